The third-order valence-corrected chi connectivity index (χ3v) is 2.06. The molecule has 4 heteroatoms. The molecule has 1 aromatic heterocycles. The van der Waals surface area contributed by atoms with E-state index in [0.29, 0.717) is 0 Å². The minimum atomic E-state index is 0.132. The smallest absolute Gasteiger partial charge is 0.271 e. The maximum atomic E-state index is 11.4. The van der Waals surface area contributed by atoms with Crippen molar-refractivity contribution >= 4 is 0 Å². The summed E-state index contributed by atoms with van der Waals surface area (Å²) < 4.78 is 1.64. The standard InChI is InChI=1S/C7H11N3O/c1-2-10-7(11)5-3-8-4-6(5)9-10/h8-9H,2-4H2,1H3. The molecule has 1 aliphatic heterocycles. The van der Waals surface area contributed by atoms with E-state index >= 15 is 0 Å². The molecule has 0 aromatic carbocycles. The van der Waals surface area contributed by atoms with Crippen molar-refractivity contribution in [2.45, 2.75) is 26.6 Å². The van der Waals surface area contributed by atoms with E-state index in [-0.39, 0.29) is 5.56 Å². The van der Waals surface area contributed by atoms with Crippen LogP contribution in [-0.4, -0.2) is 9.78 Å². The molecule has 0 saturated carbocycles. The average molecular weight is 153 g/mol. The molecule has 0 unspecified atom stereocenters. The average Bonchev–Trinajstić information content (AvgIpc) is 2.53. The summed E-state index contributed by atoms with van der Waals surface area (Å²) in [5.74, 6) is 0. The van der Waals surface area contributed by atoms with E-state index < -0.39 is 0 Å². The van der Waals surface area contributed by atoms with Gasteiger partial charge >= 0.3 is 0 Å². The highest BCUT2D eigenvalue weighted by Crippen LogP contribution is 2.06. The molecule has 1 aliphatic rings. The zero-order chi connectivity index (χ0) is 7.84. The van der Waals surface area contributed by atoms with Crippen LogP contribution in [0.2, 0.25) is 0 Å². The van der Waals surface area contributed by atoms with E-state index in [2.05, 4.69) is 10.4 Å². The number of rotatable bonds is 1. The third-order valence-electron chi connectivity index (χ3n) is 2.06. The molecule has 0 amide bonds. The first-order valence-corrected chi connectivity index (χ1v) is 3.84. The number of fused-ring (bicyclic) bond motifs is 1. The fourth-order valence-electron chi connectivity index (χ4n) is 1.44. The fraction of sp³-hybridized carbons (Fsp3) is 0.571. The number of nitrogens with zero attached hydrogens (tertiary/aromatic N) is 1. The van der Waals surface area contributed by atoms with E-state index in [1.807, 2.05) is 6.92 Å². The van der Waals surface area contributed by atoms with Gasteiger partial charge in [0.25, 0.3) is 5.56 Å². The molecule has 0 atom stereocenters. The molecule has 4 nitrogen and oxygen atoms in total. The van der Waals surface area contributed by atoms with Gasteiger partial charge < -0.3 is 5.32 Å². The lowest BCUT2D eigenvalue weighted by Gasteiger charge is -1.95. The monoisotopic (exact) mass is 153 g/mol. The normalized spacial score (nSPS) is 15.4. The Labute approximate surface area is 64.2 Å². The molecule has 1 aromatic rings. The molecule has 0 saturated heterocycles. The van der Waals surface area contributed by atoms with Crippen molar-refractivity contribution in [1.29, 1.82) is 0 Å². The van der Waals surface area contributed by atoms with Crippen LogP contribution in [0.15, 0.2) is 4.79 Å². The predicted octanol–water partition coefficient (Wildman–Crippen LogP) is -0.201. The number of hydrogen-bond acceptors (Lipinski definition) is 2. The Kier molecular flexibility index (Phi) is 1.35. The minimum Gasteiger partial charge on any atom is -0.307 e. The summed E-state index contributed by atoms with van der Waals surface area (Å²) in [6.07, 6.45) is 0. The van der Waals surface area contributed by atoms with E-state index in [0.717, 1.165) is 30.9 Å². The van der Waals surface area contributed by atoms with Crippen molar-refractivity contribution in [2.75, 3.05) is 0 Å². The lowest BCUT2D eigenvalue weighted by atomic mass is 10.3. The van der Waals surface area contributed by atoms with Crippen molar-refractivity contribution in [3.8, 4) is 0 Å². The Morgan fingerprint density at radius 2 is 2.36 bits per heavy atom. The summed E-state index contributed by atoms with van der Waals surface area (Å²) in [5, 5.41) is 6.17. The van der Waals surface area contributed by atoms with Crippen LogP contribution >= 0.6 is 0 Å². The van der Waals surface area contributed by atoms with Gasteiger partial charge in [-0.05, 0) is 6.92 Å². The van der Waals surface area contributed by atoms with Crippen molar-refractivity contribution in [1.82, 2.24) is 15.1 Å². The van der Waals surface area contributed by atoms with Gasteiger partial charge in [-0.3, -0.25) is 14.6 Å². The molecular formula is C7H11N3O. The van der Waals surface area contributed by atoms with Gasteiger partial charge in [-0.2, -0.15) is 0 Å². The second-order valence-electron chi connectivity index (χ2n) is 2.72. The largest absolute Gasteiger partial charge is 0.307 e. The van der Waals surface area contributed by atoms with Gasteiger partial charge in [0, 0.05) is 19.6 Å². The molecule has 0 bridgehead atoms. The number of nitrogens with one attached hydrogen (secondary N) is 2. The number of aromatic nitrogens is 2. The van der Waals surface area contributed by atoms with E-state index in [1.165, 1.54) is 0 Å². The first-order chi connectivity index (χ1) is 5.33. The van der Waals surface area contributed by atoms with Crippen molar-refractivity contribution < 1.29 is 0 Å². The zero-order valence-electron chi connectivity index (χ0n) is 6.48. The Morgan fingerprint density at radius 1 is 1.55 bits per heavy atom. The van der Waals surface area contributed by atoms with Crippen molar-refractivity contribution in [3.05, 3.63) is 21.6 Å². The van der Waals surface area contributed by atoms with Crippen LogP contribution < -0.4 is 10.9 Å². The van der Waals surface area contributed by atoms with Gasteiger partial charge in [-0.1, -0.05) is 0 Å². The van der Waals surface area contributed by atoms with Crippen LogP contribution in [0.5, 0.6) is 0 Å². The zero-order valence-corrected chi connectivity index (χ0v) is 6.48. The molecular weight excluding hydrogens is 142 g/mol. The highest BCUT2D eigenvalue weighted by Gasteiger charge is 2.17. The summed E-state index contributed by atoms with van der Waals surface area (Å²) in [6, 6.07) is 0. The molecule has 2 rings (SSSR count). The van der Waals surface area contributed by atoms with Gasteiger partial charge in [0.2, 0.25) is 0 Å². The van der Waals surface area contributed by atoms with Gasteiger partial charge in [-0.15, -0.1) is 0 Å². The van der Waals surface area contributed by atoms with E-state index in [9.17, 15) is 4.79 Å². The molecule has 60 valence electrons. The molecule has 11 heavy (non-hydrogen) atoms. The fourth-order valence-corrected chi connectivity index (χ4v) is 1.44. The lowest BCUT2D eigenvalue weighted by Crippen LogP contribution is -2.20. The summed E-state index contributed by atoms with van der Waals surface area (Å²) in [4.78, 5) is 11.4. The van der Waals surface area contributed by atoms with E-state index in [4.69, 9.17) is 0 Å². The summed E-state index contributed by atoms with van der Waals surface area (Å²) in [5.41, 5.74) is 2.09. The second-order valence-corrected chi connectivity index (χ2v) is 2.72. The molecule has 0 fully saturated rings. The number of aromatic amines is 1. The minimum absolute atomic E-state index is 0.132. The first-order valence-electron chi connectivity index (χ1n) is 3.84. The van der Waals surface area contributed by atoms with Crippen LogP contribution in [-0.2, 0) is 19.6 Å². The Hall–Kier alpha value is -1.03. The van der Waals surface area contributed by atoms with Crippen molar-refractivity contribution in [2.24, 2.45) is 0 Å². The topological polar surface area (TPSA) is 49.8 Å². The van der Waals surface area contributed by atoms with Gasteiger partial charge in [0.05, 0.1) is 11.3 Å². The SMILES string of the molecule is CCn1[nH]c2c(c1=O)CNC2. The van der Waals surface area contributed by atoms with Crippen LogP contribution in [0.4, 0.5) is 0 Å². The highest BCUT2D eigenvalue weighted by atomic mass is 16.1. The Morgan fingerprint density at radius 3 is 3.00 bits per heavy atom. The summed E-state index contributed by atoms with van der Waals surface area (Å²) in [7, 11) is 0. The third kappa shape index (κ3) is 0.826. The van der Waals surface area contributed by atoms with Crippen LogP contribution in [0.25, 0.3) is 0 Å². The molecule has 2 heterocycles. The lowest BCUT2D eigenvalue weighted by molar-refractivity contribution is 0.607. The summed E-state index contributed by atoms with van der Waals surface area (Å²) >= 11 is 0. The van der Waals surface area contributed by atoms with Crippen LogP contribution in [0, 0.1) is 0 Å². The number of H-pyrrole nitrogens is 1. The molecule has 0 spiro atoms. The molecule has 2 N–H and O–H groups in total. The first kappa shape index (κ1) is 6.67. The number of aryl methyl sites for hydroxylation is 1. The van der Waals surface area contributed by atoms with Crippen LogP contribution in [0.1, 0.15) is 18.2 Å². The Balaban J connectivity index is 2.58. The number of hydrogen-bond donors (Lipinski definition) is 2. The van der Waals surface area contributed by atoms with Gasteiger partial charge in [-0.25, -0.2) is 0 Å². The maximum Gasteiger partial charge on any atom is 0.271 e. The highest BCUT2D eigenvalue weighted by molar-refractivity contribution is 5.20. The predicted molar refractivity (Wildman–Crippen MR) is 41.3 cm³/mol. The molecule has 0 aliphatic carbocycles. The quantitative estimate of drug-likeness (QED) is 0.587. The maximum absolute atomic E-state index is 11.4. The second kappa shape index (κ2) is 2.23. The van der Waals surface area contributed by atoms with E-state index in [1.54, 1.807) is 4.68 Å². The summed E-state index contributed by atoms with van der Waals surface area (Å²) in [6.45, 7) is 4.21. The van der Waals surface area contributed by atoms with Crippen LogP contribution in [0.3, 0.4) is 0 Å². The Bertz CT molecular complexity index is 323. The van der Waals surface area contributed by atoms with Gasteiger partial charge in [0.1, 0.15) is 0 Å². The molecule has 0 radical (unpaired) electrons. The van der Waals surface area contributed by atoms with Crippen molar-refractivity contribution in [3.63, 3.8) is 0 Å². The van der Waals surface area contributed by atoms with Gasteiger partial charge in [0.15, 0.2) is 0 Å².